The van der Waals surface area contributed by atoms with Gasteiger partial charge in [-0.2, -0.15) is 0 Å². The van der Waals surface area contributed by atoms with Crippen LogP contribution in [0.2, 0.25) is 0 Å². The van der Waals surface area contributed by atoms with Crippen molar-refractivity contribution in [2.24, 2.45) is 5.73 Å². The minimum atomic E-state index is -1.35. The molecule has 15 heavy (non-hydrogen) atoms. The smallest absolute Gasteiger partial charge is 0.312 e. The summed E-state index contributed by atoms with van der Waals surface area (Å²) in [6.45, 7) is 0. The lowest BCUT2D eigenvalue weighted by Gasteiger charge is -2.18. The molecular formula is C10H11N2O3-. The molecule has 0 aliphatic carbocycles. The van der Waals surface area contributed by atoms with Gasteiger partial charge in [-0.05, 0) is 12.0 Å². The average Bonchev–Trinajstić information content (AvgIpc) is 2.17. The van der Waals surface area contributed by atoms with Crippen LogP contribution >= 0.6 is 0 Å². The number of benzene rings is 1. The second kappa shape index (κ2) is 4.99. The number of rotatable bonds is 4. The third-order valence-electron chi connectivity index (χ3n) is 1.88. The van der Waals surface area contributed by atoms with Crippen LogP contribution in [0.25, 0.3) is 0 Å². The minimum Gasteiger partial charge on any atom is -0.548 e. The Bertz CT molecular complexity index is 351. The van der Waals surface area contributed by atoms with E-state index < -0.39 is 18.0 Å². The highest BCUT2D eigenvalue weighted by Gasteiger charge is 2.11. The van der Waals surface area contributed by atoms with Crippen molar-refractivity contribution in [2.45, 2.75) is 12.5 Å². The molecule has 1 atom stereocenters. The molecule has 0 fully saturated rings. The molecule has 5 nitrogen and oxygen atoms in total. The van der Waals surface area contributed by atoms with Crippen LogP contribution in [0.15, 0.2) is 30.3 Å². The van der Waals surface area contributed by atoms with Crippen molar-refractivity contribution in [1.29, 1.82) is 0 Å². The molecular weight excluding hydrogens is 196 g/mol. The van der Waals surface area contributed by atoms with Crippen molar-refractivity contribution >= 4 is 12.0 Å². The van der Waals surface area contributed by atoms with E-state index in [4.69, 9.17) is 5.73 Å². The van der Waals surface area contributed by atoms with Gasteiger partial charge < -0.3 is 21.0 Å². The van der Waals surface area contributed by atoms with Crippen LogP contribution in [0.4, 0.5) is 4.79 Å². The Kier molecular flexibility index (Phi) is 3.68. The molecule has 2 amide bonds. The molecule has 0 aromatic heterocycles. The number of nitrogens with one attached hydrogen (secondary N) is 1. The quantitative estimate of drug-likeness (QED) is 0.664. The topological polar surface area (TPSA) is 95.2 Å². The van der Waals surface area contributed by atoms with E-state index in [1.165, 1.54) is 0 Å². The zero-order valence-corrected chi connectivity index (χ0v) is 7.97. The Balaban J connectivity index is 2.67. The second-order valence-corrected chi connectivity index (χ2v) is 3.07. The lowest BCUT2D eigenvalue weighted by Crippen LogP contribution is -2.50. The Morgan fingerprint density at radius 3 is 2.40 bits per heavy atom. The highest BCUT2D eigenvalue weighted by molar-refractivity contribution is 5.80. The van der Waals surface area contributed by atoms with E-state index in [-0.39, 0.29) is 6.42 Å². The van der Waals surface area contributed by atoms with Crippen molar-refractivity contribution in [3.05, 3.63) is 35.9 Å². The number of hydrogen-bond donors (Lipinski definition) is 2. The summed E-state index contributed by atoms with van der Waals surface area (Å²) in [5, 5.41) is 12.8. The number of carbonyl (C=O) groups is 2. The van der Waals surface area contributed by atoms with Crippen molar-refractivity contribution in [3.8, 4) is 0 Å². The van der Waals surface area contributed by atoms with Crippen molar-refractivity contribution in [2.75, 3.05) is 0 Å². The Hall–Kier alpha value is -2.04. The van der Waals surface area contributed by atoms with E-state index in [1.54, 1.807) is 24.3 Å². The molecule has 0 radical (unpaired) electrons. The summed E-state index contributed by atoms with van der Waals surface area (Å²) in [6.07, 6.45) is 0.159. The molecule has 0 aliphatic heterocycles. The van der Waals surface area contributed by atoms with Gasteiger partial charge in [0.2, 0.25) is 0 Å². The monoisotopic (exact) mass is 207 g/mol. The predicted molar refractivity (Wildman–Crippen MR) is 51.7 cm³/mol. The first kappa shape index (κ1) is 11.0. The zero-order valence-electron chi connectivity index (χ0n) is 7.97. The highest BCUT2D eigenvalue weighted by atomic mass is 16.4. The number of urea groups is 1. The number of nitrogens with two attached hydrogens (primary N) is 1. The standard InChI is InChI=1S/C10H12N2O3/c11-10(15)12-8(9(13)14)6-7-4-2-1-3-5-7/h1-5,8H,6H2,(H,13,14)(H3,11,12,15)/p-1/t8-/m0/s1. The van der Waals surface area contributed by atoms with E-state index in [1.807, 2.05) is 6.07 Å². The van der Waals surface area contributed by atoms with Gasteiger partial charge in [0.15, 0.2) is 0 Å². The summed E-state index contributed by atoms with van der Waals surface area (Å²) in [4.78, 5) is 21.2. The van der Waals surface area contributed by atoms with E-state index in [0.717, 1.165) is 5.56 Å². The second-order valence-electron chi connectivity index (χ2n) is 3.07. The van der Waals surface area contributed by atoms with Crippen LogP contribution in [0.5, 0.6) is 0 Å². The van der Waals surface area contributed by atoms with Gasteiger partial charge in [-0.25, -0.2) is 4.79 Å². The normalized spacial score (nSPS) is 11.7. The summed E-state index contributed by atoms with van der Waals surface area (Å²) < 4.78 is 0. The van der Waals surface area contributed by atoms with Gasteiger partial charge in [0.1, 0.15) is 0 Å². The molecule has 0 bridgehead atoms. The Labute approximate surface area is 86.9 Å². The van der Waals surface area contributed by atoms with Crippen LogP contribution in [-0.2, 0) is 11.2 Å². The number of carbonyl (C=O) groups excluding carboxylic acids is 2. The molecule has 0 saturated heterocycles. The number of amides is 2. The van der Waals surface area contributed by atoms with Gasteiger partial charge in [0.05, 0.1) is 12.0 Å². The number of carboxylic acids is 1. The van der Waals surface area contributed by atoms with Crippen LogP contribution in [0, 0.1) is 0 Å². The van der Waals surface area contributed by atoms with Gasteiger partial charge in [-0.1, -0.05) is 30.3 Å². The SMILES string of the molecule is NC(=O)N[C@@H](Cc1ccccc1)C(=O)[O-]. The van der Waals surface area contributed by atoms with Crippen LogP contribution in [0.3, 0.4) is 0 Å². The fourth-order valence-electron chi connectivity index (χ4n) is 1.21. The van der Waals surface area contributed by atoms with Gasteiger partial charge in [-0.15, -0.1) is 0 Å². The van der Waals surface area contributed by atoms with Gasteiger partial charge in [0, 0.05) is 0 Å². The third-order valence-corrected chi connectivity index (χ3v) is 1.88. The molecule has 80 valence electrons. The molecule has 0 saturated carbocycles. The molecule has 0 unspecified atom stereocenters. The lowest BCUT2D eigenvalue weighted by atomic mass is 10.1. The minimum absolute atomic E-state index is 0.159. The summed E-state index contributed by atoms with van der Waals surface area (Å²) >= 11 is 0. The number of primary amides is 1. The Morgan fingerprint density at radius 1 is 1.33 bits per heavy atom. The molecule has 1 aromatic carbocycles. The first-order chi connectivity index (χ1) is 7.09. The van der Waals surface area contributed by atoms with E-state index >= 15 is 0 Å². The fourth-order valence-corrected chi connectivity index (χ4v) is 1.21. The van der Waals surface area contributed by atoms with E-state index in [9.17, 15) is 14.7 Å². The maximum Gasteiger partial charge on any atom is 0.312 e. The number of carboxylic acid groups (broad SMARTS) is 1. The van der Waals surface area contributed by atoms with Crippen LogP contribution in [0.1, 0.15) is 5.56 Å². The van der Waals surface area contributed by atoms with Gasteiger partial charge >= 0.3 is 6.03 Å². The zero-order chi connectivity index (χ0) is 11.3. The Morgan fingerprint density at radius 2 is 1.93 bits per heavy atom. The van der Waals surface area contributed by atoms with Gasteiger partial charge in [0.25, 0.3) is 0 Å². The molecule has 0 spiro atoms. The summed E-state index contributed by atoms with van der Waals surface area (Å²) in [6, 6.07) is 6.94. The van der Waals surface area contributed by atoms with Crippen molar-refractivity contribution < 1.29 is 14.7 Å². The molecule has 1 aromatic rings. The number of hydrogen-bond acceptors (Lipinski definition) is 3. The molecule has 0 heterocycles. The van der Waals surface area contributed by atoms with Crippen LogP contribution in [-0.4, -0.2) is 18.0 Å². The molecule has 1 rings (SSSR count). The molecule has 5 heteroatoms. The summed E-state index contributed by atoms with van der Waals surface area (Å²) in [7, 11) is 0. The summed E-state index contributed by atoms with van der Waals surface area (Å²) in [5.74, 6) is -1.35. The first-order valence-electron chi connectivity index (χ1n) is 4.40. The number of aliphatic carboxylic acids is 1. The fraction of sp³-hybridized carbons (Fsp3) is 0.200. The first-order valence-corrected chi connectivity index (χ1v) is 4.40. The largest absolute Gasteiger partial charge is 0.548 e. The average molecular weight is 207 g/mol. The maximum absolute atomic E-state index is 10.7. The lowest BCUT2D eigenvalue weighted by molar-refractivity contribution is -0.308. The van der Waals surface area contributed by atoms with Crippen molar-refractivity contribution in [3.63, 3.8) is 0 Å². The maximum atomic E-state index is 10.7. The molecule has 0 aliphatic rings. The van der Waals surface area contributed by atoms with Crippen LogP contribution < -0.4 is 16.2 Å². The molecule has 3 N–H and O–H groups in total. The highest BCUT2D eigenvalue weighted by Crippen LogP contribution is 2.02. The predicted octanol–water partition coefficient (Wildman–Crippen LogP) is -0.984. The third kappa shape index (κ3) is 3.68. The van der Waals surface area contributed by atoms with E-state index in [0.29, 0.717) is 0 Å². The van der Waals surface area contributed by atoms with E-state index in [2.05, 4.69) is 5.32 Å². The summed E-state index contributed by atoms with van der Waals surface area (Å²) in [5.41, 5.74) is 5.64. The van der Waals surface area contributed by atoms with Crippen molar-refractivity contribution in [1.82, 2.24) is 5.32 Å². The van der Waals surface area contributed by atoms with Gasteiger partial charge in [-0.3, -0.25) is 0 Å².